The van der Waals surface area contributed by atoms with E-state index in [-0.39, 0.29) is 12.0 Å². The topological polar surface area (TPSA) is 73.6 Å². The standard InChI is InChI=1S/C18H22N2O4/c1-12-16(13(2)24-20-12)11-23-17-8-4-3-7-15(17)18(21)19-10-14-6-5-9-22-14/h3-4,7-8,14H,5-6,9-11H2,1-2H3,(H,19,21). The van der Waals surface area contributed by atoms with Gasteiger partial charge < -0.3 is 19.3 Å². The monoisotopic (exact) mass is 330 g/mol. The fourth-order valence-corrected chi connectivity index (χ4v) is 2.75. The number of hydrogen-bond donors (Lipinski definition) is 1. The molecule has 1 unspecified atom stereocenters. The maximum absolute atomic E-state index is 12.4. The summed E-state index contributed by atoms with van der Waals surface area (Å²) in [6.07, 6.45) is 2.16. The second kappa shape index (κ2) is 7.49. The summed E-state index contributed by atoms with van der Waals surface area (Å²) in [5.74, 6) is 1.12. The predicted octanol–water partition coefficient (Wildman–Crippen LogP) is 2.78. The van der Waals surface area contributed by atoms with Crippen molar-refractivity contribution in [3.8, 4) is 5.75 Å². The van der Waals surface area contributed by atoms with Gasteiger partial charge in [0, 0.05) is 13.2 Å². The van der Waals surface area contributed by atoms with Gasteiger partial charge in [-0.25, -0.2) is 0 Å². The minimum absolute atomic E-state index is 0.115. The van der Waals surface area contributed by atoms with E-state index in [1.165, 1.54) is 0 Å². The largest absolute Gasteiger partial charge is 0.488 e. The Balaban J connectivity index is 1.64. The number of aromatic nitrogens is 1. The molecule has 0 saturated carbocycles. The van der Waals surface area contributed by atoms with Crippen LogP contribution in [0.3, 0.4) is 0 Å². The number of nitrogens with one attached hydrogen (secondary N) is 1. The van der Waals surface area contributed by atoms with Gasteiger partial charge in [0.05, 0.1) is 22.9 Å². The first-order valence-electron chi connectivity index (χ1n) is 8.18. The number of ether oxygens (including phenoxy) is 2. The van der Waals surface area contributed by atoms with Crippen LogP contribution in [0.15, 0.2) is 28.8 Å². The van der Waals surface area contributed by atoms with E-state index < -0.39 is 0 Å². The van der Waals surface area contributed by atoms with Gasteiger partial charge in [-0.15, -0.1) is 0 Å². The molecule has 0 radical (unpaired) electrons. The minimum Gasteiger partial charge on any atom is -0.488 e. The van der Waals surface area contributed by atoms with Crippen LogP contribution in [0.4, 0.5) is 0 Å². The lowest BCUT2D eigenvalue weighted by Gasteiger charge is -2.13. The zero-order valence-corrected chi connectivity index (χ0v) is 14.0. The molecule has 6 nitrogen and oxygen atoms in total. The molecule has 1 N–H and O–H groups in total. The van der Waals surface area contributed by atoms with Crippen LogP contribution in [-0.4, -0.2) is 30.3 Å². The summed E-state index contributed by atoms with van der Waals surface area (Å²) >= 11 is 0. The smallest absolute Gasteiger partial charge is 0.255 e. The fourth-order valence-electron chi connectivity index (χ4n) is 2.75. The Labute approximate surface area is 141 Å². The third kappa shape index (κ3) is 3.76. The van der Waals surface area contributed by atoms with E-state index in [1.807, 2.05) is 26.0 Å². The molecule has 2 aromatic rings. The maximum atomic E-state index is 12.4. The van der Waals surface area contributed by atoms with E-state index >= 15 is 0 Å². The van der Waals surface area contributed by atoms with Crippen molar-refractivity contribution in [1.29, 1.82) is 0 Å². The van der Waals surface area contributed by atoms with Crippen LogP contribution >= 0.6 is 0 Å². The Bertz CT molecular complexity index is 685. The number of aryl methyl sites for hydroxylation is 2. The van der Waals surface area contributed by atoms with Crippen molar-refractivity contribution in [3.05, 3.63) is 46.8 Å². The quantitative estimate of drug-likeness (QED) is 0.881. The lowest BCUT2D eigenvalue weighted by atomic mass is 10.1. The van der Waals surface area contributed by atoms with E-state index in [2.05, 4.69) is 10.5 Å². The van der Waals surface area contributed by atoms with Gasteiger partial charge in [0.15, 0.2) is 0 Å². The van der Waals surface area contributed by atoms with Crippen molar-refractivity contribution in [3.63, 3.8) is 0 Å². The Kier molecular flexibility index (Phi) is 5.15. The van der Waals surface area contributed by atoms with Crippen LogP contribution in [0, 0.1) is 13.8 Å². The van der Waals surface area contributed by atoms with Gasteiger partial charge in [0.1, 0.15) is 18.1 Å². The third-order valence-corrected chi connectivity index (χ3v) is 4.20. The van der Waals surface area contributed by atoms with E-state index in [0.29, 0.717) is 24.5 Å². The molecule has 0 aliphatic carbocycles. The molecule has 128 valence electrons. The van der Waals surface area contributed by atoms with E-state index in [0.717, 1.165) is 36.5 Å². The number of carbonyl (C=O) groups excluding carboxylic acids is 1. The summed E-state index contributed by atoms with van der Waals surface area (Å²) in [4.78, 5) is 12.4. The number of rotatable bonds is 6. The van der Waals surface area contributed by atoms with Crippen LogP contribution in [0.5, 0.6) is 5.75 Å². The first-order chi connectivity index (χ1) is 11.6. The molecule has 0 bridgehead atoms. The number of carbonyl (C=O) groups is 1. The Hall–Kier alpha value is -2.34. The Morgan fingerprint density at radius 3 is 2.92 bits per heavy atom. The number of nitrogens with zero attached hydrogens (tertiary/aromatic N) is 1. The van der Waals surface area contributed by atoms with Crippen molar-refractivity contribution in [2.45, 2.75) is 39.4 Å². The van der Waals surface area contributed by atoms with Crippen LogP contribution in [0.1, 0.15) is 40.2 Å². The summed E-state index contributed by atoms with van der Waals surface area (Å²) < 4.78 is 16.5. The van der Waals surface area contributed by atoms with Crippen LogP contribution in [0.2, 0.25) is 0 Å². The number of para-hydroxylation sites is 1. The molecule has 2 heterocycles. The third-order valence-electron chi connectivity index (χ3n) is 4.20. The molecule has 1 aromatic carbocycles. The van der Waals surface area contributed by atoms with E-state index in [4.69, 9.17) is 14.0 Å². The minimum atomic E-state index is -0.153. The summed E-state index contributed by atoms with van der Waals surface area (Å²) in [6, 6.07) is 7.22. The molecule has 24 heavy (non-hydrogen) atoms. The molecule has 1 aliphatic rings. The molecule has 1 amide bonds. The summed E-state index contributed by atoms with van der Waals surface area (Å²) in [6.45, 7) is 5.33. The molecular formula is C18H22N2O4. The van der Waals surface area contributed by atoms with Crippen LogP contribution in [-0.2, 0) is 11.3 Å². The first kappa shape index (κ1) is 16.5. The molecule has 1 aromatic heterocycles. The second-order valence-electron chi connectivity index (χ2n) is 5.93. The van der Waals surface area contributed by atoms with Crippen LogP contribution < -0.4 is 10.1 Å². The maximum Gasteiger partial charge on any atom is 0.255 e. The summed E-state index contributed by atoms with van der Waals surface area (Å²) in [7, 11) is 0. The van der Waals surface area contributed by atoms with Gasteiger partial charge >= 0.3 is 0 Å². The van der Waals surface area contributed by atoms with Crippen LogP contribution in [0.25, 0.3) is 0 Å². The van der Waals surface area contributed by atoms with Gasteiger partial charge in [-0.3, -0.25) is 4.79 Å². The predicted molar refractivity (Wildman–Crippen MR) is 88.1 cm³/mol. The lowest BCUT2D eigenvalue weighted by Crippen LogP contribution is -2.32. The number of amides is 1. The number of benzene rings is 1. The molecule has 3 rings (SSSR count). The van der Waals surface area contributed by atoms with Crippen molar-refractivity contribution in [2.24, 2.45) is 0 Å². The molecule has 1 saturated heterocycles. The lowest BCUT2D eigenvalue weighted by molar-refractivity contribution is 0.0854. The van der Waals surface area contributed by atoms with Crippen molar-refractivity contribution >= 4 is 5.91 Å². The highest BCUT2D eigenvalue weighted by Crippen LogP contribution is 2.21. The fraction of sp³-hybridized carbons (Fsp3) is 0.444. The van der Waals surface area contributed by atoms with E-state index in [9.17, 15) is 4.79 Å². The molecule has 1 aliphatic heterocycles. The van der Waals surface area contributed by atoms with Crippen molar-refractivity contribution < 1.29 is 18.8 Å². The zero-order valence-electron chi connectivity index (χ0n) is 14.0. The number of hydrogen-bond acceptors (Lipinski definition) is 5. The molecule has 1 atom stereocenters. The van der Waals surface area contributed by atoms with Crippen molar-refractivity contribution in [1.82, 2.24) is 10.5 Å². The van der Waals surface area contributed by atoms with E-state index in [1.54, 1.807) is 12.1 Å². The van der Waals surface area contributed by atoms with Crippen molar-refractivity contribution in [2.75, 3.05) is 13.2 Å². The summed E-state index contributed by atoms with van der Waals surface area (Å²) in [5.41, 5.74) is 2.22. The van der Waals surface area contributed by atoms with Gasteiger partial charge in [-0.05, 0) is 38.8 Å². The molecule has 6 heteroatoms. The highest BCUT2D eigenvalue weighted by molar-refractivity contribution is 5.96. The molecule has 1 fully saturated rings. The van der Waals surface area contributed by atoms with Gasteiger partial charge in [-0.1, -0.05) is 17.3 Å². The van der Waals surface area contributed by atoms with Gasteiger partial charge in [-0.2, -0.15) is 0 Å². The molecular weight excluding hydrogens is 308 g/mol. The van der Waals surface area contributed by atoms with Gasteiger partial charge in [0.25, 0.3) is 5.91 Å². The Morgan fingerprint density at radius 2 is 2.21 bits per heavy atom. The normalized spacial score (nSPS) is 17.0. The highest BCUT2D eigenvalue weighted by Gasteiger charge is 2.19. The van der Waals surface area contributed by atoms with Gasteiger partial charge in [0.2, 0.25) is 0 Å². The SMILES string of the molecule is Cc1noc(C)c1COc1ccccc1C(=O)NCC1CCCO1. The average molecular weight is 330 g/mol. The second-order valence-corrected chi connectivity index (χ2v) is 5.93. The zero-order chi connectivity index (χ0) is 16.9. The molecule has 0 spiro atoms. The average Bonchev–Trinajstić information content (AvgIpc) is 3.22. The first-order valence-corrected chi connectivity index (χ1v) is 8.18. The Morgan fingerprint density at radius 1 is 1.38 bits per heavy atom. The highest BCUT2D eigenvalue weighted by atomic mass is 16.5. The summed E-state index contributed by atoms with van der Waals surface area (Å²) in [5, 5.41) is 6.83.